The molecule has 0 spiro atoms. The van der Waals surface area contributed by atoms with Crippen LogP contribution in [0.15, 0.2) is 36.7 Å². The Labute approximate surface area is 153 Å². The molecule has 2 aromatic rings. The summed E-state index contributed by atoms with van der Waals surface area (Å²) >= 11 is 0. The Morgan fingerprint density at radius 3 is 2.65 bits per heavy atom. The van der Waals surface area contributed by atoms with E-state index in [-0.39, 0.29) is 23.9 Å². The molecule has 1 fully saturated rings. The Morgan fingerprint density at radius 2 is 1.96 bits per heavy atom. The molecule has 8 nitrogen and oxygen atoms in total. The Kier molecular flexibility index (Phi) is 5.97. The van der Waals surface area contributed by atoms with Gasteiger partial charge in [0, 0.05) is 24.5 Å². The van der Waals surface area contributed by atoms with Crippen molar-refractivity contribution in [3.63, 3.8) is 0 Å². The van der Waals surface area contributed by atoms with Crippen molar-refractivity contribution in [3.8, 4) is 0 Å². The van der Waals surface area contributed by atoms with Gasteiger partial charge in [-0.2, -0.15) is 0 Å². The molecule has 1 amide bonds. The summed E-state index contributed by atoms with van der Waals surface area (Å²) in [7, 11) is 0. The number of benzene rings is 1. The summed E-state index contributed by atoms with van der Waals surface area (Å²) in [6, 6.07) is 9.94. The highest BCUT2D eigenvalue weighted by Gasteiger charge is 2.37. The molecule has 3 unspecified atom stereocenters. The number of hydrazine groups is 1. The number of amides is 1. The molecule has 1 aliphatic heterocycles. The summed E-state index contributed by atoms with van der Waals surface area (Å²) < 4.78 is 1.96. The normalized spacial score (nSPS) is 23.7. The molecule has 0 bridgehead atoms. The fourth-order valence-corrected chi connectivity index (χ4v) is 3.47. The van der Waals surface area contributed by atoms with Crippen LogP contribution < -0.4 is 21.9 Å². The van der Waals surface area contributed by atoms with Crippen molar-refractivity contribution in [2.45, 2.75) is 51.5 Å². The van der Waals surface area contributed by atoms with Gasteiger partial charge in [0.05, 0.1) is 12.6 Å². The molecular formula is C18H27N7O. The first kappa shape index (κ1) is 18.5. The highest BCUT2D eigenvalue weighted by atomic mass is 16.2. The van der Waals surface area contributed by atoms with Gasteiger partial charge in [-0.1, -0.05) is 30.3 Å². The van der Waals surface area contributed by atoms with Gasteiger partial charge in [0.2, 0.25) is 5.91 Å². The van der Waals surface area contributed by atoms with Gasteiger partial charge in [0.15, 0.2) is 5.82 Å². The van der Waals surface area contributed by atoms with Crippen molar-refractivity contribution in [2.24, 2.45) is 11.7 Å². The first-order valence-electron chi connectivity index (χ1n) is 9.01. The lowest BCUT2D eigenvalue weighted by Gasteiger charge is -2.24. The molecule has 3 atom stereocenters. The zero-order valence-electron chi connectivity index (χ0n) is 15.2. The number of hydrogen-bond acceptors (Lipinski definition) is 6. The molecule has 1 aromatic heterocycles. The number of nitrogens with one attached hydrogen (secondary N) is 3. The SMILES string of the molecule is CC1NNC(C)C1C(N)C(=O)NCc1nncn1CCc1ccccc1. The van der Waals surface area contributed by atoms with Gasteiger partial charge in [-0.25, -0.2) is 0 Å². The minimum atomic E-state index is -0.580. The Balaban J connectivity index is 1.53. The third kappa shape index (κ3) is 4.27. The molecule has 140 valence electrons. The van der Waals surface area contributed by atoms with Gasteiger partial charge in [0.1, 0.15) is 6.33 Å². The molecule has 8 heteroatoms. The van der Waals surface area contributed by atoms with Crippen LogP contribution in [0.25, 0.3) is 0 Å². The van der Waals surface area contributed by atoms with Gasteiger partial charge in [-0.3, -0.25) is 15.6 Å². The zero-order chi connectivity index (χ0) is 18.5. The fraction of sp³-hybridized carbons (Fsp3) is 0.500. The molecular weight excluding hydrogens is 330 g/mol. The second-order valence-corrected chi connectivity index (χ2v) is 6.86. The van der Waals surface area contributed by atoms with Gasteiger partial charge in [0.25, 0.3) is 0 Å². The molecule has 5 N–H and O–H groups in total. The lowest BCUT2D eigenvalue weighted by molar-refractivity contribution is -0.123. The summed E-state index contributed by atoms with van der Waals surface area (Å²) in [5.74, 6) is 0.591. The predicted octanol–water partition coefficient (Wildman–Crippen LogP) is -0.0347. The van der Waals surface area contributed by atoms with Crippen molar-refractivity contribution < 1.29 is 4.79 Å². The van der Waals surface area contributed by atoms with E-state index in [2.05, 4.69) is 38.5 Å². The maximum Gasteiger partial charge on any atom is 0.237 e. The maximum absolute atomic E-state index is 12.5. The molecule has 0 radical (unpaired) electrons. The Bertz CT molecular complexity index is 707. The van der Waals surface area contributed by atoms with Gasteiger partial charge in [-0.05, 0) is 25.8 Å². The minimum Gasteiger partial charge on any atom is -0.347 e. The molecule has 0 saturated carbocycles. The molecule has 3 rings (SSSR count). The topological polar surface area (TPSA) is 110 Å². The van der Waals surface area contributed by atoms with Crippen LogP contribution in [-0.2, 0) is 24.3 Å². The Morgan fingerprint density at radius 1 is 1.27 bits per heavy atom. The van der Waals surface area contributed by atoms with E-state index in [9.17, 15) is 4.79 Å². The number of nitrogens with two attached hydrogens (primary N) is 1. The molecule has 0 aliphatic carbocycles. The third-order valence-electron chi connectivity index (χ3n) is 5.01. The van der Waals surface area contributed by atoms with Crippen molar-refractivity contribution in [3.05, 3.63) is 48.0 Å². The summed E-state index contributed by atoms with van der Waals surface area (Å²) in [5, 5.41) is 11.0. The van der Waals surface area contributed by atoms with Crippen LogP contribution in [0.4, 0.5) is 0 Å². The number of carbonyl (C=O) groups is 1. The molecule has 1 saturated heterocycles. The molecule has 1 aromatic carbocycles. The molecule has 1 aliphatic rings. The number of nitrogens with zero attached hydrogens (tertiary/aromatic N) is 3. The fourth-order valence-electron chi connectivity index (χ4n) is 3.47. The van der Waals surface area contributed by atoms with E-state index in [1.165, 1.54) is 5.56 Å². The van der Waals surface area contributed by atoms with E-state index in [1.54, 1.807) is 6.33 Å². The number of aromatic nitrogens is 3. The lowest BCUT2D eigenvalue weighted by atomic mass is 9.88. The first-order chi connectivity index (χ1) is 12.6. The van der Waals surface area contributed by atoms with Gasteiger partial charge >= 0.3 is 0 Å². The van der Waals surface area contributed by atoms with Gasteiger partial charge in [-0.15, -0.1) is 10.2 Å². The summed E-state index contributed by atoms with van der Waals surface area (Å²) in [5.41, 5.74) is 13.7. The highest BCUT2D eigenvalue weighted by Crippen LogP contribution is 2.17. The lowest BCUT2D eigenvalue weighted by Crippen LogP contribution is -2.50. The number of carbonyl (C=O) groups excluding carboxylic acids is 1. The largest absolute Gasteiger partial charge is 0.347 e. The van der Waals surface area contributed by atoms with Crippen molar-refractivity contribution in [1.29, 1.82) is 0 Å². The second-order valence-electron chi connectivity index (χ2n) is 6.86. The van der Waals surface area contributed by atoms with E-state index in [0.717, 1.165) is 18.8 Å². The van der Waals surface area contributed by atoms with Crippen molar-refractivity contribution in [1.82, 2.24) is 30.9 Å². The summed E-state index contributed by atoms with van der Waals surface area (Å²) in [6.07, 6.45) is 2.58. The van der Waals surface area contributed by atoms with Gasteiger partial charge < -0.3 is 15.6 Å². The number of hydrogen-bond donors (Lipinski definition) is 4. The second kappa shape index (κ2) is 8.39. The maximum atomic E-state index is 12.5. The zero-order valence-corrected chi connectivity index (χ0v) is 15.2. The van der Waals surface area contributed by atoms with Crippen LogP contribution in [0.5, 0.6) is 0 Å². The van der Waals surface area contributed by atoms with E-state index in [4.69, 9.17) is 5.73 Å². The number of aryl methyl sites for hydroxylation is 2. The van der Waals surface area contributed by atoms with Crippen LogP contribution in [0.1, 0.15) is 25.2 Å². The summed E-state index contributed by atoms with van der Waals surface area (Å²) in [4.78, 5) is 12.5. The van der Waals surface area contributed by atoms with E-state index >= 15 is 0 Å². The van der Waals surface area contributed by atoms with Crippen molar-refractivity contribution in [2.75, 3.05) is 0 Å². The van der Waals surface area contributed by atoms with E-state index in [1.807, 2.05) is 36.6 Å². The molecule has 2 heterocycles. The van der Waals surface area contributed by atoms with Crippen LogP contribution >= 0.6 is 0 Å². The minimum absolute atomic E-state index is 0.0333. The average Bonchev–Trinajstić information content (AvgIpc) is 3.24. The van der Waals surface area contributed by atoms with Crippen LogP contribution in [0.2, 0.25) is 0 Å². The van der Waals surface area contributed by atoms with Crippen LogP contribution in [0, 0.1) is 5.92 Å². The highest BCUT2D eigenvalue weighted by molar-refractivity contribution is 5.82. The van der Waals surface area contributed by atoms with E-state index < -0.39 is 6.04 Å². The third-order valence-corrected chi connectivity index (χ3v) is 5.01. The first-order valence-corrected chi connectivity index (χ1v) is 9.01. The monoisotopic (exact) mass is 357 g/mol. The predicted molar refractivity (Wildman–Crippen MR) is 98.7 cm³/mol. The Hall–Kier alpha value is -2.29. The van der Waals surface area contributed by atoms with Crippen LogP contribution in [-0.4, -0.2) is 38.8 Å². The van der Waals surface area contributed by atoms with Crippen LogP contribution in [0.3, 0.4) is 0 Å². The standard InChI is InChI=1S/C18H27N7O/c1-12-16(13(2)23-22-12)17(19)18(26)20-10-15-24-21-11-25(15)9-8-14-6-4-3-5-7-14/h3-7,11-13,16-17,22-23H,8-10,19H2,1-2H3,(H,20,26). The van der Waals surface area contributed by atoms with Crippen molar-refractivity contribution >= 4 is 5.91 Å². The van der Waals surface area contributed by atoms with E-state index in [0.29, 0.717) is 6.54 Å². The smallest absolute Gasteiger partial charge is 0.237 e. The average molecular weight is 357 g/mol. The quantitative estimate of drug-likeness (QED) is 0.554. The molecule has 26 heavy (non-hydrogen) atoms. The number of rotatable bonds is 7. The summed E-state index contributed by atoms with van der Waals surface area (Å²) in [6.45, 7) is 5.12.